The molecule has 1 aromatic heterocycles. The second kappa shape index (κ2) is 7.70. The topological polar surface area (TPSA) is 68.0 Å². The van der Waals surface area contributed by atoms with Crippen molar-refractivity contribution >= 4 is 27.5 Å². The molecule has 3 aromatic rings. The zero-order valence-corrected chi connectivity index (χ0v) is 15.7. The van der Waals surface area contributed by atoms with Crippen LogP contribution in [0.5, 0.6) is 0 Å². The molecule has 0 saturated carbocycles. The van der Waals surface area contributed by atoms with E-state index in [0.717, 1.165) is 20.8 Å². The van der Waals surface area contributed by atoms with Crippen molar-refractivity contribution in [3.05, 3.63) is 65.2 Å². The molecule has 0 fully saturated rings. The summed E-state index contributed by atoms with van der Waals surface area (Å²) in [6.07, 6.45) is 0.316. The number of amides is 1. The Balaban J connectivity index is 1.91. The first-order valence-electron chi connectivity index (χ1n) is 8.60. The molecule has 4 nitrogen and oxygen atoms in total. The predicted molar refractivity (Wildman–Crippen MR) is 104 cm³/mol. The minimum atomic E-state index is -3.14. The van der Waals surface area contributed by atoms with E-state index in [9.17, 15) is 13.6 Å². The molecule has 3 N–H and O–H groups in total. The van der Waals surface area contributed by atoms with Gasteiger partial charge in [-0.05, 0) is 24.6 Å². The number of thiazole rings is 1. The van der Waals surface area contributed by atoms with E-state index in [1.165, 1.54) is 11.3 Å². The summed E-state index contributed by atoms with van der Waals surface area (Å²) in [6.45, 7) is 0.155. The van der Waals surface area contributed by atoms with Crippen molar-refractivity contribution in [3.8, 4) is 0 Å². The van der Waals surface area contributed by atoms with Gasteiger partial charge < -0.3 is 11.1 Å². The first kappa shape index (κ1) is 19.4. The maximum Gasteiger partial charge on any atom is 0.277 e. The van der Waals surface area contributed by atoms with Crippen LogP contribution in [0.2, 0.25) is 0 Å². The molecule has 1 unspecified atom stereocenters. The molecule has 1 amide bonds. The largest absolute Gasteiger partial charge is 0.349 e. The molecule has 1 atom stereocenters. The second-order valence-electron chi connectivity index (χ2n) is 6.69. The van der Waals surface area contributed by atoms with Gasteiger partial charge in [-0.3, -0.25) is 4.79 Å². The number of nitrogens with two attached hydrogens (primary N) is 1. The number of rotatable bonds is 7. The number of halogens is 2. The molecule has 0 spiro atoms. The van der Waals surface area contributed by atoms with Gasteiger partial charge >= 0.3 is 0 Å². The highest BCUT2D eigenvalue weighted by Crippen LogP contribution is 2.32. The van der Waals surface area contributed by atoms with Crippen molar-refractivity contribution < 1.29 is 13.6 Å². The molecule has 0 bridgehead atoms. The Kier molecular flexibility index (Phi) is 5.53. The maximum absolute atomic E-state index is 13.5. The van der Waals surface area contributed by atoms with E-state index in [2.05, 4.69) is 10.3 Å². The molecule has 142 valence electrons. The Bertz CT molecular complexity index is 896. The lowest BCUT2D eigenvalue weighted by Gasteiger charge is -2.29. The molecular formula is C20H21F2N3OS. The quantitative estimate of drug-likeness (QED) is 0.650. The zero-order valence-electron chi connectivity index (χ0n) is 14.9. The van der Waals surface area contributed by atoms with Gasteiger partial charge in [0.25, 0.3) is 5.92 Å². The van der Waals surface area contributed by atoms with Gasteiger partial charge in [-0.2, -0.15) is 0 Å². The summed E-state index contributed by atoms with van der Waals surface area (Å²) in [6, 6.07) is 16.9. The fourth-order valence-electron chi connectivity index (χ4n) is 2.89. The number of carbonyl (C=O) groups excluding carboxylic acids is 1. The van der Waals surface area contributed by atoms with Crippen molar-refractivity contribution in [3.63, 3.8) is 0 Å². The van der Waals surface area contributed by atoms with Crippen LogP contribution in [0.1, 0.15) is 17.5 Å². The van der Waals surface area contributed by atoms with Gasteiger partial charge in [0.15, 0.2) is 0 Å². The van der Waals surface area contributed by atoms with Gasteiger partial charge in [0, 0.05) is 6.42 Å². The summed E-state index contributed by atoms with van der Waals surface area (Å²) >= 11 is 1.51. The van der Waals surface area contributed by atoms with Gasteiger partial charge in [0.05, 0.1) is 33.7 Å². The van der Waals surface area contributed by atoms with Crippen LogP contribution in [0.4, 0.5) is 8.78 Å². The third-order valence-electron chi connectivity index (χ3n) is 4.56. The van der Waals surface area contributed by atoms with Crippen LogP contribution >= 0.6 is 11.3 Å². The van der Waals surface area contributed by atoms with Crippen molar-refractivity contribution in [1.29, 1.82) is 0 Å². The van der Waals surface area contributed by atoms with Gasteiger partial charge in [0.1, 0.15) is 0 Å². The number of alkyl halides is 2. The highest BCUT2D eigenvalue weighted by Gasteiger charge is 2.38. The van der Waals surface area contributed by atoms with E-state index >= 15 is 0 Å². The van der Waals surface area contributed by atoms with E-state index < -0.39 is 30.3 Å². The summed E-state index contributed by atoms with van der Waals surface area (Å²) in [4.78, 5) is 17.5. The summed E-state index contributed by atoms with van der Waals surface area (Å²) < 4.78 is 28.1. The Morgan fingerprint density at radius 1 is 1.15 bits per heavy atom. The molecule has 0 saturated heterocycles. The van der Waals surface area contributed by atoms with Crippen LogP contribution in [0.15, 0.2) is 54.6 Å². The Labute approximate surface area is 160 Å². The Morgan fingerprint density at radius 3 is 2.48 bits per heavy atom. The van der Waals surface area contributed by atoms with E-state index in [1.807, 2.05) is 54.6 Å². The molecule has 3 rings (SSSR count). The van der Waals surface area contributed by atoms with Crippen molar-refractivity contribution in [2.45, 2.75) is 24.7 Å². The highest BCUT2D eigenvalue weighted by atomic mass is 32.1. The van der Waals surface area contributed by atoms with E-state index in [-0.39, 0.29) is 0 Å². The Hall–Kier alpha value is -2.38. The number of aromatic nitrogens is 1. The minimum absolute atomic E-state index is 0.316. The number of fused-ring (bicyclic) bond motifs is 1. The van der Waals surface area contributed by atoms with Crippen molar-refractivity contribution in [2.24, 2.45) is 5.73 Å². The minimum Gasteiger partial charge on any atom is -0.349 e. The fourth-order valence-corrected chi connectivity index (χ4v) is 4.02. The van der Waals surface area contributed by atoms with Crippen LogP contribution in [0.25, 0.3) is 10.2 Å². The molecule has 7 heteroatoms. The lowest BCUT2D eigenvalue weighted by Crippen LogP contribution is -2.49. The summed E-state index contributed by atoms with van der Waals surface area (Å²) in [5.74, 6) is -3.61. The van der Waals surface area contributed by atoms with Crippen molar-refractivity contribution in [2.75, 3.05) is 13.1 Å². The standard InChI is InChI=1S/C20H21F2N3OS/c1-19(14-7-3-2-4-8-14,18(26)24-13-20(21,22)12-23)11-17-25-15-9-5-6-10-16(15)27-17/h2-10H,11-13,23H2,1H3,(H,24,26). The maximum atomic E-state index is 13.5. The Morgan fingerprint density at radius 2 is 1.81 bits per heavy atom. The number of nitrogens with zero attached hydrogens (tertiary/aromatic N) is 1. The third-order valence-corrected chi connectivity index (χ3v) is 5.60. The number of para-hydroxylation sites is 1. The third kappa shape index (κ3) is 4.31. The molecule has 0 radical (unpaired) electrons. The van der Waals surface area contributed by atoms with Crippen LogP contribution in [-0.4, -0.2) is 29.9 Å². The zero-order chi connectivity index (χ0) is 19.5. The summed E-state index contributed by atoms with van der Waals surface area (Å²) in [7, 11) is 0. The highest BCUT2D eigenvalue weighted by molar-refractivity contribution is 7.18. The number of benzene rings is 2. The number of carbonyl (C=O) groups is 1. The number of nitrogens with one attached hydrogen (secondary N) is 1. The van der Waals surface area contributed by atoms with Gasteiger partial charge in [-0.25, -0.2) is 13.8 Å². The van der Waals surface area contributed by atoms with E-state index in [1.54, 1.807) is 6.92 Å². The van der Waals surface area contributed by atoms with Crippen LogP contribution in [0, 0.1) is 0 Å². The lowest BCUT2D eigenvalue weighted by atomic mass is 9.78. The lowest BCUT2D eigenvalue weighted by molar-refractivity contribution is -0.128. The van der Waals surface area contributed by atoms with E-state index in [0.29, 0.717) is 6.42 Å². The predicted octanol–water partition coefficient (Wildman–Crippen LogP) is 3.51. The monoisotopic (exact) mass is 389 g/mol. The number of hydrogen-bond donors (Lipinski definition) is 2. The molecular weight excluding hydrogens is 368 g/mol. The first-order valence-corrected chi connectivity index (χ1v) is 9.42. The van der Waals surface area contributed by atoms with E-state index in [4.69, 9.17) is 5.73 Å². The molecule has 1 heterocycles. The van der Waals surface area contributed by atoms with Gasteiger partial charge in [-0.1, -0.05) is 42.5 Å². The average molecular weight is 389 g/mol. The van der Waals surface area contributed by atoms with Crippen LogP contribution < -0.4 is 11.1 Å². The molecule has 0 aliphatic heterocycles. The fraction of sp³-hybridized carbons (Fsp3) is 0.300. The average Bonchev–Trinajstić information content (AvgIpc) is 3.08. The normalized spacial score (nSPS) is 14.1. The SMILES string of the molecule is CC(Cc1nc2ccccc2s1)(C(=O)NCC(F)(F)CN)c1ccccc1. The molecule has 0 aliphatic rings. The second-order valence-corrected chi connectivity index (χ2v) is 7.81. The van der Waals surface area contributed by atoms with Gasteiger partial charge in [-0.15, -0.1) is 11.3 Å². The molecule has 2 aromatic carbocycles. The summed E-state index contributed by atoms with van der Waals surface area (Å²) in [5, 5.41) is 3.16. The molecule has 27 heavy (non-hydrogen) atoms. The number of hydrogen-bond acceptors (Lipinski definition) is 4. The first-order chi connectivity index (χ1) is 12.8. The summed E-state index contributed by atoms with van der Waals surface area (Å²) in [5.41, 5.74) is 5.65. The molecule has 0 aliphatic carbocycles. The van der Waals surface area contributed by atoms with Gasteiger partial charge in [0.2, 0.25) is 5.91 Å². The smallest absolute Gasteiger partial charge is 0.277 e. The van der Waals surface area contributed by atoms with Crippen LogP contribution in [0.3, 0.4) is 0 Å². The van der Waals surface area contributed by atoms with Crippen LogP contribution in [-0.2, 0) is 16.6 Å². The van der Waals surface area contributed by atoms with Crippen molar-refractivity contribution in [1.82, 2.24) is 10.3 Å².